The third kappa shape index (κ3) is 1.20. The van der Waals surface area contributed by atoms with Crippen LogP contribution in [0.3, 0.4) is 0 Å². The molecule has 0 aliphatic heterocycles. The van der Waals surface area contributed by atoms with E-state index in [4.69, 9.17) is 10.8 Å². The number of thiophene rings is 1. The largest absolute Gasteiger partial charge is 0.398 e. The quantitative estimate of drug-likeness (QED) is 0.583. The van der Waals surface area contributed by atoms with Crippen LogP contribution in [0.4, 0.5) is 5.69 Å². The number of carbonyl (C=O) groups excluding carboxylic acids is 1. The third-order valence-corrected chi connectivity index (χ3v) is 3.08. The van der Waals surface area contributed by atoms with Crippen LogP contribution in [0, 0.1) is 0 Å². The van der Waals surface area contributed by atoms with E-state index in [0.717, 1.165) is 10.1 Å². The van der Waals surface area contributed by atoms with Gasteiger partial charge in [0.1, 0.15) is 0 Å². The zero-order chi connectivity index (χ0) is 10.1. The molecule has 72 valence electrons. The van der Waals surface area contributed by atoms with E-state index in [-0.39, 0.29) is 6.61 Å². The molecule has 0 saturated carbocycles. The van der Waals surface area contributed by atoms with Gasteiger partial charge >= 0.3 is 0 Å². The average molecular weight is 207 g/mol. The Hall–Kier alpha value is -1.39. The molecular formula is C10H9NO2S. The van der Waals surface area contributed by atoms with Gasteiger partial charge in [-0.25, -0.2) is 0 Å². The van der Waals surface area contributed by atoms with Gasteiger partial charge in [0.15, 0.2) is 6.29 Å². The number of nitrogen functional groups attached to an aromatic ring is 1. The maximum absolute atomic E-state index is 10.8. The molecule has 0 saturated heterocycles. The Balaban J connectivity index is 2.85. The van der Waals surface area contributed by atoms with Gasteiger partial charge in [0.05, 0.1) is 12.3 Å². The normalized spacial score (nSPS) is 10.6. The molecule has 3 nitrogen and oxygen atoms in total. The highest BCUT2D eigenvalue weighted by atomic mass is 32.1. The van der Waals surface area contributed by atoms with E-state index in [1.54, 1.807) is 17.4 Å². The number of aldehydes is 1. The van der Waals surface area contributed by atoms with Crippen LogP contribution in [0.1, 0.15) is 15.9 Å². The van der Waals surface area contributed by atoms with E-state index in [0.29, 0.717) is 23.1 Å². The van der Waals surface area contributed by atoms with Crippen molar-refractivity contribution in [2.75, 3.05) is 5.73 Å². The summed E-state index contributed by atoms with van der Waals surface area (Å²) >= 11 is 1.54. The van der Waals surface area contributed by atoms with Crippen LogP contribution in [-0.2, 0) is 6.61 Å². The predicted octanol–water partition coefficient (Wildman–Crippen LogP) is 1.79. The summed E-state index contributed by atoms with van der Waals surface area (Å²) in [7, 11) is 0. The summed E-state index contributed by atoms with van der Waals surface area (Å²) in [6.45, 7) is -0.161. The van der Waals surface area contributed by atoms with Crippen molar-refractivity contribution in [1.82, 2.24) is 0 Å². The minimum Gasteiger partial charge on any atom is -0.398 e. The summed E-state index contributed by atoms with van der Waals surface area (Å²) in [6, 6.07) is 3.68. The second-order valence-electron chi connectivity index (χ2n) is 2.97. The van der Waals surface area contributed by atoms with E-state index in [1.807, 2.05) is 11.4 Å². The van der Waals surface area contributed by atoms with Crippen LogP contribution < -0.4 is 5.73 Å². The predicted molar refractivity (Wildman–Crippen MR) is 57.5 cm³/mol. The number of anilines is 1. The number of hydrogen-bond acceptors (Lipinski definition) is 4. The molecule has 2 aromatic rings. The first-order chi connectivity index (χ1) is 6.77. The Morgan fingerprint density at radius 1 is 1.57 bits per heavy atom. The molecule has 14 heavy (non-hydrogen) atoms. The highest BCUT2D eigenvalue weighted by molar-refractivity contribution is 7.17. The number of nitrogens with two attached hydrogens (primary N) is 1. The molecule has 2 rings (SSSR count). The first-order valence-electron chi connectivity index (χ1n) is 4.12. The standard InChI is InChI=1S/C10H9NO2S/c11-10-7-1-2-14-9(7)3-6(4-12)8(10)5-13/h1-3,5,12H,4,11H2. The van der Waals surface area contributed by atoms with Gasteiger partial charge in [-0.3, -0.25) is 4.79 Å². The van der Waals surface area contributed by atoms with Crippen LogP contribution in [0.5, 0.6) is 0 Å². The van der Waals surface area contributed by atoms with Crippen LogP contribution in [-0.4, -0.2) is 11.4 Å². The van der Waals surface area contributed by atoms with Crippen molar-refractivity contribution in [2.24, 2.45) is 0 Å². The fourth-order valence-corrected chi connectivity index (χ4v) is 2.35. The fraction of sp³-hybridized carbons (Fsp3) is 0.100. The van der Waals surface area contributed by atoms with Crippen molar-refractivity contribution in [3.05, 3.63) is 28.6 Å². The van der Waals surface area contributed by atoms with Gasteiger partial charge in [-0.05, 0) is 23.1 Å². The lowest BCUT2D eigenvalue weighted by molar-refractivity contribution is 0.112. The van der Waals surface area contributed by atoms with Gasteiger partial charge in [-0.1, -0.05) is 0 Å². The van der Waals surface area contributed by atoms with Gasteiger partial charge in [0, 0.05) is 15.6 Å². The first-order valence-corrected chi connectivity index (χ1v) is 5.00. The smallest absolute Gasteiger partial charge is 0.152 e. The lowest BCUT2D eigenvalue weighted by Crippen LogP contribution is -1.99. The SMILES string of the molecule is Nc1c(C=O)c(CO)cc2sccc12. The lowest BCUT2D eigenvalue weighted by atomic mass is 10.0. The lowest BCUT2D eigenvalue weighted by Gasteiger charge is -2.05. The van der Waals surface area contributed by atoms with Crippen molar-refractivity contribution in [2.45, 2.75) is 6.61 Å². The Morgan fingerprint density at radius 3 is 3.00 bits per heavy atom. The molecule has 0 aliphatic rings. The zero-order valence-corrected chi connectivity index (χ0v) is 8.17. The van der Waals surface area contributed by atoms with Gasteiger partial charge in [-0.15, -0.1) is 11.3 Å². The van der Waals surface area contributed by atoms with E-state index in [1.165, 1.54) is 0 Å². The summed E-state index contributed by atoms with van der Waals surface area (Å²) in [6.07, 6.45) is 0.692. The highest BCUT2D eigenvalue weighted by Gasteiger charge is 2.10. The van der Waals surface area contributed by atoms with Gasteiger partial charge in [0.2, 0.25) is 0 Å². The molecule has 3 N–H and O–H groups in total. The van der Waals surface area contributed by atoms with E-state index in [9.17, 15) is 4.79 Å². The third-order valence-electron chi connectivity index (χ3n) is 2.21. The fourth-order valence-electron chi connectivity index (χ4n) is 1.48. The summed E-state index contributed by atoms with van der Waals surface area (Å²) in [5, 5.41) is 11.9. The Morgan fingerprint density at radius 2 is 2.36 bits per heavy atom. The zero-order valence-electron chi connectivity index (χ0n) is 7.36. The topological polar surface area (TPSA) is 63.3 Å². The molecular weight excluding hydrogens is 198 g/mol. The molecule has 1 aromatic carbocycles. The first kappa shape index (κ1) is 9.18. The average Bonchev–Trinajstić information content (AvgIpc) is 2.65. The van der Waals surface area contributed by atoms with Crippen molar-refractivity contribution < 1.29 is 9.90 Å². The minimum atomic E-state index is -0.161. The number of carbonyl (C=O) groups is 1. The molecule has 0 unspecified atom stereocenters. The van der Waals surface area contributed by atoms with Crippen LogP contribution in [0.15, 0.2) is 17.5 Å². The Kier molecular flexibility index (Phi) is 2.23. The van der Waals surface area contributed by atoms with Crippen molar-refractivity contribution in [3.63, 3.8) is 0 Å². The van der Waals surface area contributed by atoms with E-state index < -0.39 is 0 Å². The van der Waals surface area contributed by atoms with Crippen LogP contribution >= 0.6 is 11.3 Å². The molecule has 1 aromatic heterocycles. The number of fused-ring (bicyclic) bond motifs is 1. The van der Waals surface area contributed by atoms with E-state index >= 15 is 0 Å². The number of aliphatic hydroxyl groups excluding tert-OH is 1. The molecule has 0 atom stereocenters. The Bertz CT molecular complexity index is 490. The maximum atomic E-state index is 10.8. The molecule has 0 fully saturated rings. The van der Waals surface area contributed by atoms with Gasteiger partial charge in [0.25, 0.3) is 0 Å². The Labute approximate surface area is 84.8 Å². The van der Waals surface area contributed by atoms with Crippen molar-refractivity contribution >= 4 is 33.4 Å². The second-order valence-corrected chi connectivity index (χ2v) is 3.92. The second kappa shape index (κ2) is 3.40. The summed E-state index contributed by atoms with van der Waals surface area (Å²) in [5.41, 5.74) is 7.27. The van der Waals surface area contributed by atoms with E-state index in [2.05, 4.69) is 0 Å². The van der Waals surface area contributed by atoms with Gasteiger partial charge < -0.3 is 10.8 Å². The summed E-state index contributed by atoms with van der Waals surface area (Å²) < 4.78 is 0.997. The van der Waals surface area contributed by atoms with Crippen LogP contribution in [0.2, 0.25) is 0 Å². The van der Waals surface area contributed by atoms with Crippen LogP contribution in [0.25, 0.3) is 10.1 Å². The van der Waals surface area contributed by atoms with Gasteiger partial charge in [-0.2, -0.15) is 0 Å². The number of hydrogen-bond donors (Lipinski definition) is 2. The molecule has 0 radical (unpaired) electrons. The highest BCUT2D eigenvalue weighted by Crippen LogP contribution is 2.30. The molecule has 0 bridgehead atoms. The van der Waals surface area contributed by atoms with Crippen molar-refractivity contribution in [3.8, 4) is 0 Å². The monoisotopic (exact) mass is 207 g/mol. The molecule has 0 amide bonds. The number of rotatable bonds is 2. The number of benzene rings is 1. The molecule has 1 heterocycles. The molecule has 4 heteroatoms. The maximum Gasteiger partial charge on any atom is 0.152 e. The number of aliphatic hydroxyl groups is 1. The summed E-state index contributed by atoms with van der Waals surface area (Å²) in [4.78, 5) is 10.8. The minimum absolute atomic E-state index is 0.161. The summed E-state index contributed by atoms with van der Waals surface area (Å²) in [5.74, 6) is 0. The molecule has 0 spiro atoms. The van der Waals surface area contributed by atoms with Crippen molar-refractivity contribution in [1.29, 1.82) is 0 Å². The molecule has 0 aliphatic carbocycles.